The smallest absolute Gasteiger partial charge is 0.254 e. The number of Topliss-reactive ketones (excluding diaryl/α,β-unsaturated/α-hetero) is 1. The second-order valence-electron chi connectivity index (χ2n) is 8.81. The van der Waals surface area contributed by atoms with Crippen LogP contribution in [-0.4, -0.2) is 29.2 Å². The van der Waals surface area contributed by atoms with Gasteiger partial charge in [0.1, 0.15) is 0 Å². The summed E-state index contributed by atoms with van der Waals surface area (Å²) in [5, 5.41) is 0. The topological polar surface area (TPSA) is 37.4 Å². The fourth-order valence-corrected chi connectivity index (χ4v) is 5.13. The largest absolute Gasteiger partial charge is 0.335 e. The first kappa shape index (κ1) is 18.0. The lowest BCUT2D eigenvalue weighted by Gasteiger charge is -2.60. The molecule has 1 aliphatic carbocycles. The van der Waals surface area contributed by atoms with Crippen LogP contribution in [0.2, 0.25) is 0 Å². The molecule has 27 heavy (non-hydrogen) atoms. The van der Waals surface area contributed by atoms with Gasteiger partial charge in [-0.25, -0.2) is 0 Å². The third-order valence-corrected chi connectivity index (χ3v) is 7.31. The zero-order valence-electron chi connectivity index (χ0n) is 16.6. The number of hydrogen-bond acceptors (Lipinski definition) is 2. The van der Waals surface area contributed by atoms with Crippen molar-refractivity contribution in [3.8, 4) is 0 Å². The van der Waals surface area contributed by atoms with Gasteiger partial charge in [-0.2, -0.15) is 0 Å². The van der Waals surface area contributed by atoms with Gasteiger partial charge in [0.2, 0.25) is 0 Å². The van der Waals surface area contributed by atoms with Crippen LogP contribution < -0.4 is 0 Å². The molecule has 0 spiro atoms. The van der Waals surface area contributed by atoms with E-state index < -0.39 is 0 Å². The molecule has 2 aromatic carbocycles. The minimum atomic E-state index is -0.00537. The number of rotatable bonds is 2. The Labute approximate surface area is 161 Å². The van der Waals surface area contributed by atoms with Gasteiger partial charge in [0.15, 0.2) is 5.78 Å². The van der Waals surface area contributed by atoms with Gasteiger partial charge in [-0.05, 0) is 48.4 Å². The summed E-state index contributed by atoms with van der Waals surface area (Å²) in [6.45, 7) is 9.30. The number of nitrogens with zero attached hydrogens (tertiary/aromatic N) is 1. The van der Waals surface area contributed by atoms with E-state index in [-0.39, 0.29) is 28.6 Å². The summed E-state index contributed by atoms with van der Waals surface area (Å²) < 4.78 is 0. The Morgan fingerprint density at radius 3 is 2.26 bits per heavy atom. The van der Waals surface area contributed by atoms with E-state index in [2.05, 4.69) is 49.9 Å². The monoisotopic (exact) mass is 361 g/mol. The van der Waals surface area contributed by atoms with E-state index in [4.69, 9.17) is 0 Å². The second-order valence-corrected chi connectivity index (χ2v) is 8.81. The van der Waals surface area contributed by atoms with E-state index in [1.807, 2.05) is 0 Å². The van der Waals surface area contributed by atoms with Crippen LogP contribution in [0, 0.1) is 5.41 Å². The van der Waals surface area contributed by atoms with Gasteiger partial charge in [0.05, 0.1) is 0 Å². The van der Waals surface area contributed by atoms with Crippen molar-refractivity contribution in [1.29, 1.82) is 0 Å². The Balaban J connectivity index is 1.71. The molecular formula is C24H27NO2. The van der Waals surface area contributed by atoms with E-state index in [0.717, 1.165) is 19.4 Å². The molecule has 3 heteroatoms. The average molecular weight is 361 g/mol. The number of carbonyl (C=O) groups excluding carboxylic acids is 2. The van der Waals surface area contributed by atoms with Crippen molar-refractivity contribution < 1.29 is 9.59 Å². The van der Waals surface area contributed by atoms with Crippen LogP contribution in [0.3, 0.4) is 0 Å². The van der Waals surface area contributed by atoms with E-state index >= 15 is 0 Å². The zero-order valence-corrected chi connectivity index (χ0v) is 16.6. The summed E-state index contributed by atoms with van der Waals surface area (Å²) in [5.41, 5.74) is 4.19. The van der Waals surface area contributed by atoms with Crippen molar-refractivity contribution in [2.45, 2.75) is 52.0 Å². The summed E-state index contributed by atoms with van der Waals surface area (Å²) in [6, 6.07) is 16.0. The molecule has 1 aliphatic heterocycles. The summed E-state index contributed by atoms with van der Waals surface area (Å²) in [7, 11) is 0. The first-order valence-corrected chi connectivity index (χ1v) is 9.76. The SMILES string of the molecule is CC(=O)c1ccc(C(=O)N2CC[C@@]3(C)c4ccccc4C[C@@H]2C3(C)C)cc1. The number of hydrogen-bond donors (Lipinski definition) is 0. The van der Waals surface area contributed by atoms with Gasteiger partial charge in [-0.1, -0.05) is 57.2 Å². The molecule has 0 N–H and O–H groups in total. The lowest BCUT2D eigenvalue weighted by Crippen LogP contribution is -2.64. The van der Waals surface area contributed by atoms with Crippen LogP contribution in [0.25, 0.3) is 0 Å². The molecule has 4 rings (SSSR count). The van der Waals surface area contributed by atoms with Gasteiger partial charge < -0.3 is 4.90 Å². The van der Waals surface area contributed by atoms with Gasteiger partial charge in [-0.15, -0.1) is 0 Å². The van der Waals surface area contributed by atoms with Gasteiger partial charge in [0, 0.05) is 29.1 Å². The highest BCUT2D eigenvalue weighted by Gasteiger charge is 2.56. The minimum Gasteiger partial charge on any atom is -0.335 e. The molecular weight excluding hydrogens is 334 g/mol. The van der Waals surface area contributed by atoms with Gasteiger partial charge in [0.25, 0.3) is 5.91 Å². The molecule has 0 unspecified atom stereocenters. The number of ketones is 1. The molecule has 2 aromatic rings. The predicted molar refractivity (Wildman–Crippen MR) is 107 cm³/mol. The quantitative estimate of drug-likeness (QED) is 0.731. The zero-order chi connectivity index (χ0) is 19.4. The van der Waals surface area contributed by atoms with E-state index in [1.165, 1.54) is 11.1 Å². The standard InChI is InChI=1S/C24H27NO2/c1-16(26)17-9-11-18(12-10-17)22(27)25-14-13-24(4)20-8-6-5-7-19(20)15-21(25)23(24,2)3/h5-12,21H,13-15H2,1-4H3/t21-,24+/m1/s1. The maximum atomic E-state index is 13.3. The number of amides is 1. The summed E-state index contributed by atoms with van der Waals surface area (Å²) in [4.78, 5) is 26.9. The Morgan fingerprint density at radius 1 is 0.963 bits per heavy atom. The van der Waals surface area contributed by atoms with Gasteiger partial charge >= 0.3 is 0 Å². The minimum absolute atomic E-state index is 0.00537. The Morgan fingerprint density at radius 2 is 1.59 bits per heavy atom. The number of piperidine rings is 1. The number of carbonyl (C=O) groups is 2. The van der Waals surface area contributed by atoms with Crippen molar-refractivity contribution in [3.05, 3.63) is 70.8 Å². The molecule has 1 saturated heterocycles. The van der Waals surface area contributed by atoms with Gasteiger partial charge in [-0.3, -0.25) is 9.59 Å². The first-order chi connectivity index (χ1) is 12.8. The highest BCUT2D eigenvalue weighted by Crippen LogP contribution is 2.56. The van der Waals surface area contributed by atoms with E-state index in [9.17, 15) is 9.59 Å². The molecule has 0 saturated carbocycles. The Bertz CT molecular complexity index is 912. The molecule has 3 nitrogen and oxygen atoms in total. The van der Waals surface area contributed by atoms with Crippen molar-refractivity contribution in [3.63, 3.8) is 0 Å². The Kier molecular flexibility index (Phi) is 4.03. The summed E-state index contributed by atoms with van der Waals surface area (Å²) in [5.74, 6) is 0.0948. The molecule has 2 aliphatic rings. The molecule has 2 atom stereocenters. The van der Waals surface area contributed by atoms with Crippen LogP contribution in [0.1, 0.15) is 66.0 Å². The highest BCUT2D eigenvalue weighted by atomic mass is 16.2. The van der Waals surface area contributed by atoms with E-state index in [1.54, 1.807) is 31.2 Å². The molecule has 1 heterocycles. The first-order valence-electron chi connectivity index (χ1n) is 9.76. The van der Waals surface area contributed by atoms with Crippen LogP contribution >= 0.6 is 0 Å². The fraction of sp³-hybridized carbons (Fsp3) is 0.417. The summed E-state index contributed by atoms with van der Waals surface area (Å²) in [6.07, 6.45) is 1.86. The van der Waals surface area contributed by atoms with Crippen LogP contribution in [0.4, 0.5) is 0 Å². The predicted octanol–water partition coefficient (Wildman–Crippen LogP) is 4.64. The molecule has 1 fully saturated rings. The molecule has 0 radical (unpaired) electrons. The average Bonchev–Trinajstić information content (AvgIpc) is 2.64. The van der Waals surface area contributed by atoms with Crippen molar-refractivity contribution in [1.82, 2.24) is 4.90 Å². The lowest BCUT2D eigenvalue weighted by molar-refractivity contribution is -0.0262. The van der Waals surface area contributed by atoms with Crippen LogP contribution in [0.15, 0.2) is 48.5 Å². The molecule has 140 valence electrons. The lowest BCUT2D eigenvalue weighted by atomic mass is 9.51. The summed E-state index contributed by atoms with van der Waals surface area (Å²) >= 11 is 0. The number of benzene rings is 2. The van der Waals surface area contributed by atoms with Crippen LogP contribution in [0.5, 0.6) is 0 Å². The molecule has 1 amide bonds. The molecule has 0 aromatic heterocycles. The maximum absolute atomic E-state index is 13.3. The third kappa shape index (κ3) is 2.55. The number of likely N-dealkylation sites (tertiary alicyclic amines) is 1. The van der Waals surface area contributed by atoms with Crippen molar-refractivity contribution in [2.24, 2.45) is 5.41 Å². The van der Waals surface area contributed by atoms with Crippen molar-refractivity contribution >= 4 is 11.7 Å². The highest BCUT2D eigenvalue weighted by molar-refractivity contribution is 5.98. The normalized spacial score (nSPS) is 25.6. The maximum Gasteiger partial charge on any atom is 0.254 e. The fourth-order valence-electron chi connectivity index (χ4n) is 5.13. The Hall–Kier alpha value is -2.42. The second kappa shape index (κ2) is 6.05. The van der Waals surface area contributed by atoms with Crippen molar-refractivity contribution in [2.75, 3.05) is 6.54 Å². The van der Waals surface area contributed by atoms with Crippen LogP contribution in [-0.2, 0) is 11.8 Å². The number of fused-ring (bicyclic) bond motifs is 4. The third-order valence-electron chi connectivity index (χ3n) is 7.31. The molecule has 2 bridgehead atoms. The van der Waals surface area contributed by atoms with E-state index in [0.29, 0.717) is 11.1 Å².